The third-order valence-corrected chi connectivity index (χ3v) is 4.20. The summed E-state index contributed by atoms with van der Waals surface area (Å²) in [4.78, 5) is 36.4. The van der Waals surface area contributed by atoms with Crippen LogP contribution in [0.25, 0.3) is 0 Å². The van der Waals surface area contributed by atoms with Gasteiger partial charge < -0.3 is 14.9 Å². The molecule has 2 amide bonds. The van der Waals surface area contributed by atoms with Gasteiger partial charge in [-0.2, -0.15) is 0 Å². The van der Waals surface area contributed by atoms with Gasteiger partial charge in [0.25, 0.3) is 6.47 Å². The zero-order valence-electron chi connectivity index (χ0n) is 14.8. The second-order valence-corrected chi connectivity index (χ2v) is 5.98. The quantitative estimate of drug-likeness (QED) is 0.854. The summed E-state index contributed by atoms with van der Waals surface area (Å²) >= 11 is 0. The van der Waals surface area contributed by atoms with E-state index in [4.69, 9.17) is 9.90 Å². The Morgan fingerprint density at radius 2 is 1.88 bits per heavy atom. The predicted molar refractivity (Wildman–Crippen MR) is 91.5 cm³/mol. The van der Waals surface area contributed by atoms with Crippen LogP contribution >= 0.6 is 0 Å². The first kappa shape index (κ1) is 19.7. The zero-order valence-corrected chi connectivity index (χ0v) is 14.8. The number of nitrogens with zero attached hydrogens (tertiary/aromatic N) is 2. The minimum atomic E-state index is -0.376. The number of carbonyl (C=O) groups excluding carboxylic acids is 2. The van der Waals surface area contributed by atoms with Gasteiger partial charge in [0.1, 0.15) is 6.04 Å². The van der Waals surface area contributed by atoms with Crippen LogP contribution in [-0.2, 0) is 20.9 Å². The molecule has 1 aromatic rings. The van der Waals surface area contributed by atoms with Crippen molar-refractivity contribution < 1.29 is 19.5 Å². The van der Waals surface area contributed by atoms with Crippen LogP contribution in [-0.4, -0.2) is 52.3 Å². The first-order valence-electron chi connectivity index (χ1n) is 8.07. The highest BCUT2D eigenvalue weighted by Crippen LogP contribution is 2.18. The first-order chi connectivity index (χ1) is 11.3. The standard InChI is InChI=1S/C17H24N2O2.CH2O2/c1-5-8-18-11-16(20)19(14(4)17(18)21)10-15-7-6-12(2)13(3)9-15;2-1-3/h6-7,9,14H,5,8,10-11H2,1-4H3;1H,(H,2,3)/t14-;/m0./s1. The van der Waals surface area contributed by atoms with Crippen molar-refractivity contribution >= 4 is 18.3 Å². The maximum atomic E-state index is 12.3. The number of carbonyl (C=O) groups is 3. The van der Waals surface area contributed by atoms with Gasteiger partial charge in [-0.15, -0.1) is 0 Å². The number of amides is 2. The monoisotopic (exact) mass is 334 g/mol. The molecular formula is C18H26N2O4. The number of rotatable bonds is 4. The van der Waals surface area contributed by atoms with E-state index in [0.29, 0.717) is 13.1 Å². The maximum Gasteiger partial charge on any atom is 0.290 e. The summed E-state index contributed by atoms with van der Waals surface area (Å²) < 4.78 is 0. The van der Waals surface area contributed by atoms with E-state index in [2.05, 4.69) is 26.0 Å². The van der Waals surface area contributed by atoms with Gasteiger partial charge in [0, 0.05) is 13.1 Å². The lowest BCUT2D eigenvalue weighted by Gasteiger charge is -2.38. The third-order valence-electron chi connectivity index (χ3n) is 4.20. The Hall–Kier alpha value is -2.37. The van der Waals surface area contributed by atoms with Crippen LogP contribution in [0, 0.1) is 13.8 Å². The molecule has 0 saturated carbocycles. The fraction of sp³-hybridized carbons (Fsp3) is 0.500. The van der Waals surface area contributed by atoms with Crippen molar-refractivity contribution in [1.82, 2.24) is 9.80 Å². The Morgan fingerprint density at radius 1 is 1.25 bits per heavy atom. The molecule has 0 bridgehead atoms. The lowest BCUT2D eigenvalue weighted by Crippen LogP contribution is -2.58. The van der Waals surface area contributed by atoms with Crippen molar-refractivity contribution in [3.8, 4) is 0 Å². The average Bonchev–Trinajstić information content (AvgIpc) is 2.53. The molecule has 0 radical (unpaired) electrons. The van der Waals surface area contributed by atoms with Gasteiger partial charge in [0.2, 0.25) is 11.8 Å². The number of aryl methyl sites for hydroxylation is 2. The SMILES string of the molecule is CCCN1CC(=O)N(Cc2ccc(C)c(C)c2)[C@@H](C)C1=O.O=CO. The van der Waals surface area contributed by atoms with Crippen molar-refractivity contribution in [3.05, 3.63) is 34.9 Å². The molecule has 6 heteroatoms. The van der Waals surface area contributed by atoms with E-state index in [-0.39, 0.29) is 30.9 Å². The molecule has 1 heterocycles. The summed E-state index contributed by atoms with van der Waals surface area (Å²) in [5.41, 5.74) is 3.53. The van der Waals surface area contributed by atoms with Crippen LogP contribution in [0.5, 0.6) is 0 Å². The van der Waals surface area contributed by atoms with E-state index in [9.17, 15) is 9.59 Å². The van der Waals surface area contributed by atoms with Crippen LogP contribution in [0.15, 0.2) is 18.2 Å². The Labute approximate surface area is 143 Å². The molecule has 0 spiro atoms. The normalized spacial score (nSPS) is 17.4. The predicted octanol–water partition coefficient (Wildman–Crippen LogP) is 1.97. The van der Waals surface area contributed by atoms with Gasteiger partial charge in [0.05, 0.1) is 6.54 Å². The number of carboxylic acid groups (broad SMARTS) is 1. The van der Waals surface area contributed by atoms with Crippen LogP contribution in [0.2, 0.25) is 0 Å². The Bertz CT molecular complexity index is 601. The summed E-state index contributed by atoms with van der Waals surface area (Å²) in [5.74, 6) is 0.0917. The summed E-state index contributed by atoms with van der Waals surface area (Å²) in [6.07, 6.45) is 0.878. The van der Waals surface area contributed by atoms with E-state index in [1.807, 2.05) is 19.9 Å². The van der Waals surface area contributed by atoms with Gasteiger partial charge >= 0.3 is 0 Å². The highest BCUT2D eigenvalue weighted by molar-refractivity contribution is 5.94. The van der Waals surface area contributed by atoms with Crippen LogP contribution in [0.3, 0.4) is 0 Å². The number of benzene rings is 1. The van der Waals surface area contributed by atoms with Crippen molar-refractivity contribution in [2.45, 2.75) is 46.7 Å². The summed E-state index contributed by atoms with van der Waals surface area (Å²) in [7, 11) is 0. The Morgan fingerprint density at radius 3 is 2.42 bits per heavy atom. The van der Waals surface area contributed by atoms with E-state index in [1.54, 1.807) is 9.80 Å². The minimum absolute atomic E-state index is 0.0359. The highest BCUT2D eigenvalue weighted by atomic mass is 16.3. The second kappa shape index (κ2) is 9.05. The van der Waals surface area contributed by atoms with Gasteiger partial charge in [0.15, 0.2) is 0 Å². The lowest BCUT2D eigenvalue weighted by molar-refractivity contribution is -0.155. The smallest absolute Gasteiger partial charge is 0.290 e. The maximum absolute atomic E-state index is 12.3. The van der Waals surface area contributed by atoms with E-state index in [0.717, 1.165) is 12.0 Å². The fourth-order valence-electron chi connectivity index (χ4n) is 2.73. The van der Waals surface area contributed by atoms with Gasteiger partial charge in [-0.3, -0.25) is 14.4 Å². The van der Waals surface area contributed by atoms with Crippen molar-refractivity contribution in [3.63, 3.8) is 0 Å². The van der Waals surface area contributed by atoms with Gasteiger partial charge in [-0.1, -0.05) is 25.1 Å². The molecule has 0 aliphatic carbocycles. The van der Waals surface area contributed by atoms with Crippen molar-refractivity contribution in [2.75, 3.05) is 13.1 Å². The summed E-state index contributed by atoms with van der Waals surface area (Å²) in [6.45, 7) is 9.10. The Balaban J connectivity index is 0.000000891. The van der Waals surface area contributed by atoms with Gasteiger partial charge in [-0.05, 0) is 43.9 Å². The van der Waals surface area contributed by atoms with Crippen LogP contribution in [0.1, 0.15) is 37.0 Å². The lowest BCUT2D eigenvalue weighted by atomic mass is 10.0. The fourth-order valence-corrected chi connectivity index (χ4v) is 2.73. The molecule has 1 aliphatic rings. The van der Waals surface area contributed by atoms with E-state index >= 15 is 0 Å². The summed E-state index contributed by atoms with van der Waals surface area (Å²) in [5, 5.41) is 6.89. The molecule has 1 fully saturated rings. The molecule has 1 aliphatic heterocycles. The average molecular weight is 334 g/mol. The topological polar surface area (TPSA) is 77.9 Å². The molecule has 0 unspecified atom stereocenters. The molecule has 1 N–H and O–H groups in total. The molecule has 6 nitrogen and oxygen atoms in total. The number of hydrogen-bond donors (Lipinski definition) is 1. The molecule has 0 aromatic heterocycles. The Kier molecular flexibility index (Phi) is 7.42. The van der Waals surface area contributed by atoms with Crippen LogP contribution < -0.4 is 0 Å². The van der Waals surface area contributed by atoms with Crippen molar-refractivity contribution in [2.24, 2.45) is 0 Å². The number of hydrogen-bond acceptors (Lipinski definition) is 3. The number of piperazine rings is 1. The largest absolute Gasteiger partial charge is 0.483 e. The minimum Gasteiger partial charge on any atom is -0.483 e. The van der Waals surface area contributed by atoms with Crippen LogP contribution in [0.4, 0.5) is 0 Å². The highest BCUT2D eigenvalue weighted by Gasteiger charge is 2.35. The molecule has 1 saturated heterocycles. The first-order valence-corrected chi connectivity index (χ1v) is 8.07. The van der Waals surface area contributed by atoms with Gasteiger partial charge in [-0.25, -0.2) is 0 Å². The molecule has 1 atom stereocenters. The molecule has 2 rings (SSSR count). The van der Waals surface area contributed by atoms with E-state index in [1.165, 1.54) is 11.1 Å². The van der Waals surface area contributed by atoms with Crippen molar-refractivity contribution in [1.29, 1.82) is 0 Å². The molecule has 132 valence electrons. The second-order valence-electron chi connectivity index (χ2n) is 5.98. The molecular weight excluding hydrogens is 308 g/mol. The summed E-state index contributed by atoms with van der Waals surface area (Å²) in [6, 6.07) is 5.82. The molecule has 24 heavy (non-hydrogen) atoms. The third kappa shape index (κ3) is 4.81. The molecule has 1 aromatic carbocycles. The zero-order chi connectivity index (χ0) is 18.3. The van der Waals surface area contributed by atoms with E-state index < -0.39 is 0 Å².